The van der Waals surface area contributed by atoms with Crippen LogP contribution in [-0.4, -0.2) is 39.0 Å². The number of hydrogen-bond acceptors (Lipinski definition) is 2. The molecule has 1 saturated heterocycles. The lowest BCUT2D eigenvalue weighted by atomic mass is 9.90. The first-order valence-electron chi connectivity index (χ1n) is 7.80. The number of carbonyl (C=O) groups is 2. The van der Waals surface area contributed by atoms with Crippen LogP contribution in [0.2, 0.25) is 0 Å². The SMILES string of the molecule is CC1CCCN(C(=O)c2cccn2C2CCC2)C1C(=O)O. The van der Waals surface area contributed by atoms with Gasteiger partial charge in [-0.15, -0.1) is 0 Å². The highest BCUT2D eigenvalue weighted by molar-refractivity contribution is 5.95. The maximum atomic E-state index is 12.8. The van der Waals surface area contributed by atoms with Gasteiger partial charge >= 0.3 is 5.97 Å². The molecule has 1 aliphatic heterocycles. The Labute approximate surface area is 124 Å². The minimum Gasteiger partial charge on any atom is -0.480 e. The molecule has 1 N–H and O–H groups in total. The van der Waals surface area contributed by atoms with Gasteiger partial charge in [0.2, 0.25) is 0 Å². The maximum Gasteiger partial charge on any atom is 0.326 e. The number of hydrogen-bond donors (Lipinski definition) is 1. The third-order valence-corrected chi connectivity index (χ3v) is 4.91. The zero-order valence-corrected chi connectivity index (χ0v) is 12.4. The van der Waals surface area contributed by atoms with Crippen molar-refractivity contribution in [1.82, 2.24) is 9.47 Å². The van der Waals surface area contributed by atoms with Crippen LogP contribution in [0, 0.1) is 5.92 Å². The Morgan fingerprint density at radius 3 is 2.62 bits per heavy atom. The van der Waals surface area contributed by atoms with Crippen LogP contribution in [0.5, 0.6) is 0 Å². The Morgan fingerprint density at radius 1 is 1.24 bits per heavy atom. The van der Waals surface area contributed by atoms with Crippen molar-refractivity contribution in [2.45, 2.75) is 51.1 Å². The molecule has 2 aliphatic rings. The van der Waals surface area contributed by atoms with Crippen molar-refractivity contribution in [2.24, 2.45) is 5.92 Å². The van der Waals surface area contributed by atoms with Gasteiger partial charge in [-0.05, 0) is 50.2 Å². The summed E-state index contributed by atoms with van der Waals surface area (Å²) in [7, 11) is 0. The summed E-state index contributed by atoms with van der Waals surface area (Å²) in [6.45, 7) is 2.46. The van der Waals surface area contributed by atoms with Crippen LogP contribution < -0.4 is 0 Å². The van der Waals surface area contributed by atoms with Gasteiger partial charge in [0.25, 0.3) is 5.91 Å². The van der Waals surface area contributed by atoms with Gasteiger partial charge in [-0.1, -0.05) is 6.92 Å². The Bertz CT molecular complexity index is 547. The first kappa shape index (κ1) is 14.2. The summed E-state index contributed by atoms with van der Waals surface area (Å²) in [5.74, 6) is -1.02. The molecule has 2 atom stereocenters. The Kier molecular flexibility index (Phi) is 3.74. The van der Waals surface area contributed by atoms with Crippen molar-refractivity contribution in [3.8, 4) is 0 Å². The molecule has 114 valence electrons. The van der Waals surface area contributed by atoms with Crippen LogP contribution in [0.3, 0.4) is 0 Å². The molecule has 1 amide bonds. The number of carboxylic acids is 1. The Morgan fingerprint density at radius 2 is 2.00 bits per heavy atom. The third kappa shape index (κ3) is 2.45. The summed E-state index contributed by atoms with van der Waals surface area (Å²) in [6, 6.07) is 3.41. The van der Waals surface area contributed by atoms with Crippen molar-refractivity contribution in [1.29, 1.82) is 0 Å². The Balaban J connectivity index is 1.86. The summed E-state index contributed by atoms with van der Waals surface area (Å²) in [6.07, 6.45) is 7.10. The number of nitrogens with zero attached hydrogens (tertiary/aromatic N) is 2. The van der Waals surface area contributed by atoms with Gasteiger partial charge < -0.3 is 14.6 Å². The van der Waals surface area contributed by atoms with Crippen LogP contribution >= 0.6 is 0 Å². The fraction of sp³-hybridized carbons (Fsp3) is 0.625. The molecule has 5 heteroatoms. The number of aliphatic carboxylic acids is 1. The van der Waals surface area contributed by atoms with E-state index in [2.05, 4.69) is 0 Å². The molecule has 2 fully saturated rings. The monoisotopic (exact) mass is 290 g/mol. The first-order valence-corrected chi connectivity index (χ1v) is 7.80. The summed E-state index contributed by atoms with van der Waals surface area (Å²) in [5.41, 5.74) is 0.639. The zero-order valence-electron chi connectivity index (χ0n) is 12.4. The average molecular weight is 290 g/mol. The van der Waals surface area contributed by atoms with Gasteiger partial charge in [0, 0.05) is 18.8 Å². The van der Waals surface area contributed by atoms with Crippen molar-refractivity contribution < 1.29 is 14.7 Å². The summed E-state index contributed by atoms with van der Waals surface area (Å²) in [4.78, 5) is 25.9. The van der Waals surface area contributed by atoms with E-state index in [1.807, 2.05) is 29.8 Å². The molecule has 0 spiro atoms. The zero-order chi connectivity index (χ0) is 15.0. The lowest BCUT2D eigenvalue weighted by Gasteiger charge is -2.38. The minimum absolute atomic E-state index is 0.00677. The summed E-state index contributed by atoms with van der Waals surface area (Å²) in [5, 5.41) is 9.46. The van der Waals surface area contributed by atoms with Crippen LogP contribution in [-0.2, 0) is 4.79 Å². The molecule has 0 radical (unpaired) electrons. The van der Waals surface area contributed by atoms with Gasteiger partial charge in [0.15, 0.2) is 0 Å². The van der Waals surface area contributed by atoms with Crippen LogP contribution in [0.25, 0.3) is 0 Å². The van der Waals surface area contributed by atoms with Crippen molar-refractivity contribution in [3.05, 3.63) is 24.0 Å². The normalized spacial score (nSPS) is 26.4. The highest BCUT2D eigenvalue weighted by atomic mass is 16.4. The highest BCUT2D eigenvalue weighted by Gasteiger charge is 2.38. The Hall–Kier alpha value is -1.78. The lowest BCUT2D eigenvalue weighted by molar-refractivity contribution is -0.145. The summed E-state index contributed by atoms with van der Waals surface area (Å²) < 4.78 is 2.03. The number of carbonyl (C=O) groups excluding carboxylic acids is 1. The molecule has 2 unspecified atom stereocenters. The second-order valence-electron chi connectivity index (χ2n) is 6.29. The predicted octanol–water partition coefficient (Wildman–Crippen LogP) is 2.54. The third-order valence-electron chi connectivity index (χ3n) is 4.91. The molecular formula is C16H22N2O3. The molecule has 0 aromatic carbocycles. The lowest BCUT2D eigenvalue weighted by Crippen LogP contribution is -2.52. The number of amides is 1. The molecule has 3 rings (SSSR count). The number of likely N-dealkylation sites (tertiary alicyclic amines) is 1. The largest absolute Gasteiger partial charge is 0.480 e. The minimum atomic E-state index is -0.891. The second kappa shape index (κ2) is 5.54. The predicted molar refractivity (Wildman–Crippen MR) is 78.2 cm³/mol. The number of piperidine rings is 1. The maximum absolute atomic E-state index is 12.8. The second-order valence-corrected chi connectivity index (χ2v) is 6.29. The van der Waals surface area contributed by atoms with E-state index in [0.717, 1.165) is 25.7 Å². The molecule has 5 nitrogen and oxygen atoms in total. The molecule has 0 bridgehead atoms. The van der Waals surface area contributed by atoms with E-state index in [1.54, 1.807) is 4.90 Å². The van der Waals surface area contributed by atoms with E-state index in [9.17, 15) is 14.7 Å². The fourth-order valence-electron chi connectivity index (χ4n) is 3.50. The average Bonchev–Trinajstić information content (AvgIpc) is 2.84. The van der Waals surface area contributed by atoms with Gasteiger partial charge in [-0.3, -0.25) is 4.79 Å². The molecule has 1 saturated carbocycles. The highest BCUT2D eigenvalue weighted by Crippen LogP contribution is 2.33. The van der Waals surface area contributed by atoms with Crippen molar-refractivity contribution in [3.63, 3.8) is 0 Å². The topological polar surface area (TPSA) is 62.5 Å². The fourth-order valence-corrected chi connectivity index (χ4v) is 3.50. The van der Waals surface area contributed by atoms with Crippen LogP contribution in [0.4, 0.5) is 0 Å². The van der Waals surface area contributed by atoms with Crippen molar-refractivity contribution >= 4 is 11.9 Å². The van der Waals surface area contributed by atoms with Crippen LogP contribution in [0.1, 0.15) is 55.6 Å². The number of carboxylic acid groups (broad SMARTS) is 1. The van der Waals surface area contributed by atoms with E-state index >= 15 is 0 Å². The molecular weight excluding hydrogens is 268 g/mol. The van der Waals surface area contributed by atoms with Gasteiger partial charge in [-0.25, -0.2) is 4.79 Å². The molecule has 2 heterocycles. The van der Waals surface area contributed by atoms with E-state index in [0.29, 0.717) is 18.3 Å². The smallest absolute Gasteiger partial charge is 0.326 e. The van der Waals surface area contributed by atoms with E-state index in [1.165, 1.54) is 6.42 Å². The number of aromatic nitrogens is 1. The number of rotatable bonds is 3. The summed E-state index contributed by atoms with van der Waals surface area (Å²) >= 11 is 0. The van der Waals surface area contributed by atoms with Crippen LogP contribution in [0.15, 0.2) is 18.3 Å². The standard InChI is InChI=1S/C16H22N2O3/c1-11-5-3-10-18(14(11)16(20)21)15(19)13-8-4-9-17(13)12-6-2-7-12/h4,8-9,11-12,14H,2-3,5-7,10H2,1H3,(H,20,21). The van der Waals surface area contributed by atoms with Gasteiger partial charge in [0.1, 0.15) is 11.7 Å². The van der Waals surface area contributed by atoms with Gasteiger partial charge in [0.05, 0.1) is 0 Å². The molecule has 1 aromatic heterocycles. The first-order chi connectivity index (χ1) is 10.1. The van der Waals surface area contributed by atoms with Crippen molar-refractivity contribution in [2.75, 3.05) is 6.54 Å². The molecule has 1 aromatic rings. The van der Waals surface area contributed by atoms with Gasteiger partial charge in [-0.2, -0.15) is 0 Å². The molecule has 1 aliphatic carbocycles. The van der Waals surface area contributed by atoms with E-state index < -0.39 is 12.0 Å². The van der Waals surface area contributed by atoms with E-state index in [-0.39, 0.29) is 11.8 Å². The quantitative estimate of drug-likeness (QED) is 0.930. The van der Waals surface area contributed by atoms with E-state index in [4.69, 9.17) is 0 Å². The molecule has 21 heavy (non-hydrogen) atoms.